The number of nitrogens with one attached hydrogen (secondary N) is 2. The normalized spacial score (nSPS) is 16.1. The number of nitrogens with zero attached hydrogens (tertiary/aromatic N) is 2. The third kappa shape index (κ3) is 3.50. The molecule has 6 nitrogen and oxygen atoms in total. The van der Waals surface area contributed by atoms with Crippen molar-refractivity contribution in [2.45, 2.75) is 26.3 Å². The maximum absolute atomic E-state index is 12.1. The van der Waals surface area contributed by atoms with Crippen LogP contribution in [-0.2, 0) is 4.79 Å². The van der Waals surface area contributed by atoms with Crippen molar-refractivity contribution in [2.75, 3.05) is 6.54 Å². The van der Waals surface area contributed by atoms with Crippen molar-refractivity contribution < 1.29 is 9.59 Å². The summed E-state index contributed by atoms with van der Waals surface area (Å²) >= 11 is 0. The minimum Gasteiger partial charge on any atom is -0.341 e. The summed E-state index contributed by atoms with van der Waals surface area (Å²) in [6.07, 6.45) is 0.540. The van der Waals surface area contributed by atoms with Crippen molar-refractivity contribution in [1.82, 2.24) is 10.6 Å². The minimum atomic E-state index is -0.630. The van der Waals surface area contributed by atoms with Crippen LogP contribution in [0.5, 0.6) is 0 Å². The summed E-state index contributed by atoms with van der Waals surface area (Å²) in [5.41, 5.74) is 1.26. The van der Waals surface area contributed by atoms with Crippen molar-refractivity contribution in [1.29, 1.82) is 5.26 Å². The summed E-state index contributed by atoms with van der Waals surface area (Å²) in [5, 5.41) is 13.8. The average Bonchev–Trinajstić information content (AvgIpc) is 2.80. The third-order valence-electron chi connectivity index (χ3n) is 3.28. The molecule has 1 atom stereocenters. The van der Waals surface area contributed by atoms with Crippen LogP contribution in [0.2, 0.25) is 0 Å². The van der Waals surface area contributed by atoms with Gasteiger partial charge in [-0.1, -0.05) is 32.0 Å². The molecular formula is C16H18N4O2. The van der Waals surface area contributed by atoms with E-state index in [0.717, 1.165) is 0 Å². The number of rotatable bonds is 5. The van der Waals surface area contributed by atoms with Crippen LogP contribution < -0.4 is 10.6 Å². The SMILES string of the molecule is CC(C)C[C@H](N=C1NC(=O)c2ccccc21)C(=O)NCC#N. The highest BCUT2D eigenvalue weighted by Crippen LogP contribution is 2.17. The van der Waals surface area contributed by atoms with Gasteiger partial charge in [0.15, 0.2) is 0 Å². The zero-order valence-corrected chi connectivity index (χ0v) is 12.6. The predicted octanol–water partition coefficient (Wildman–Crippen LogP) is 1.23. The van der Waals surface area contributed by atoms with Crippen molar-refractivity contribution >= 4 is 17.6 Å². The van der Waals surface area contributed by atoms with Gasteiger partial charge in [-0.15, -0.1) is 0 Å². The van der Waals surface area contributed by atoms with Crippen LogP contribution in [0.1, 0.15) is 36.2 Å². The lowest BCUT2D eigenvalue weighted by Crippen LogP contribution is -2.36. The van der Waals surface area contributed by atoms with Gasteiger partial charge in [0.1, 0.15) is 18.4 Å². The average molecular weight is 298 g/mol. The Bertz CT molecular complexity index is 658. The molecule has 1 aliphatic rings. The molecule has 2 N–H and O–H groups in total. The van der Waals surface area contributed by atoms with Crippen LogP contribution >= 0.6 is 0 Å². The van der Waals surface area contributed by atoms with Gasteiger partial charge in [0, 0.05) is 5.56 Å². The van der Waals surface area contributed by atoms with E-state index in [9.17, 15) is 9.59 Å². The van der Waals surface area contributed by atoms with Crippen molar-refractivity contribution in [3.05, 3.63) is 35.4 Å². The summed E-state index contributed by atoms with van der Waals surface area (Å²) in [4.78, 5) is 28.4. The van der Waals surface area contributed by atoms with Gasteiger partial charge in [-0.25, -0.2) is 0 Å². The number of amidine groups is 1. The molecule has 0 radical (unpaired) electrons. The Balaban J connectivity index is 2.28. The highest BCUT2D eigenvalue weighted by Gasteiger charge is 2.27. The number of benzene rings is 1. The number of amides is 2. The van der Waals surface area contributed by atoms with Crippen LogP contribution in [0, 0.1) is 17.2 Å². The zero-order valence-electron chi connectivity index (χ0n) is 12.6. The summed E-state index contributed by atoms with van der Waals surface area (Å²) in [5.74, 6) is 0.157. The summed E-state index contributed by atoms with van der Waals surface area (Å²) in [6.45, 7) is 3.93. The first-order chi connectivity index (χ1) is 10.5. The lowest BCUT2D eigenvalue weighted by molar-refractivity contribution is -0.122. The minimum absolute atomic E-state index is 0.0543. The summed E-state index contributed by atoms with van der Waals surface area (Å²) < 4.78 is 0. The monoisotopic (exact) mass is 298 g/mol. The molecule has 0 fully saturated rings. The van der Waals surface area contributed by atoms with E-state index < -0.39 is 6.04 Å². The van der Waals surface area contributed by atoms with Gasteiger partial charge in [-0.3, -0.25) is 14.6 Å². The predicted molar refractivity (Wildman–Crippen MR) is 82.3 cm³/mol. The number of hydrogen-bond donors (Lipinski definition) is 2. The lowest BCUT2D eigenvalue weighted by Gasteiger charge is -2.15. The molecule has 6 heteroatoms. The van der Waals surface area contributed by atoms with Gasteiger partial charge < -0.3 is 10.6 Å². The fraction of sp³-hybridized carbons (Fsp3) is 0.375. The first kappa shape index (κ1) is 15.7. The molecule has 22 heavy (non-hydrogen) atoms. The number of hydrogen-bond acceptors (Lipinski definition) is 4. The van der Waals surface area contributed by atoms with E-state index in [1.54, 1.807) is 18.2 Å². The van der Waals surface area contributed by atoms with E-state index in [1.807, 2.05) is 26.0 Å². The Morgan fingerprint density at radius 2 is 2.05 bits per heavy atom. The third-order valence-corrected chi connectivity index (χ3v) is 3.28. The fourth-order valence-corrected chi connectivity index (χ4v) is 2.30. The van der Waals surface area contributed by atoms with E-state index in [4.69, 9.17) is 5.26 Å². The van der Waals surface area contributed by atoms with Crippen molar-refractivity contribution in [2.24, 2.45) is 10.9 Å². The van der Waals surface area contributed by atoms with Gasteiger partial charge in [0.2, 0.25) is 5.91 Å². The fourth-order valence-electron chi connectivity index (χ4n) is 2.30. The topological polar surface area (TPSA) is 94.3 Å². The molecule has 1 aromatic carbocycles. The first-order valence-corrected chi connectivity index (χ1v) is 7.16. The molecule has 0 spiro atoms. The van der Waals surface area contributed by atoms with Gasteiger partial charge in [-0.2, -0.15) is 5.26 Å². The molecule has 0 aliphatic carbocycles. The number of aliphatic imine (C=N–C) groups is 1. The molecule has 0 aromatic heterocycles. The van der Waals surface area contributed by atoms with E-state index in [1.165, 1.54) is 0 Å². The molecule has 0 saturated carbocycles. The van der Waals surface area contributed by atoms with Gasteiger partial charge >= 0.3 is 0 Å². The molecule has 114 valence electrons. The van der Waals surface area contributed by atoms with Crippen LogP contribution in [0.15, 0.2) is 29.3 Å². The summed E-state index contributed by atoms with van der Waals surface area (Å²) in [6, 6.07) is 8.37. The molecule has 1 aromatic rings. The van der Waals surface area contributed by atoms with E-state index in [2.05, 4.69) is 15.6 Å². The molecular weight excluding hydrogens is 280 g/mol. The molecule has 1 heterocycles. The second kappa shape index (κ2) is 6.85. The van der Waals surface area contributed by atoms with Gasteiger partial charge in [-0.05, 0) is 18.4 Å². The second-order valence-electron chi connectivity index (χ2n) is 5.50. The standard InChI is InChI=1S/C16H18N4O2/c1-10(2)9-13(16(22)18-8-7-17)19-14-11-5-3-4-6-12(11)15(21)20-14/h3-6,10,13H,8-9H2,1-2H3,(H,18,22)(H,19,20,21)/t13-/m0/s1. The Hall–Kier alpha value is -2.68. The molecule has 0 saturated heterocycles. The number of nitriles is 1. The van der Waals surface area contributed by atoms with Crippen LogP contribution in [0.3, 0.4) is 0 Å². The molecule has 2 rings (SSSR count). The highest BCUT2D eigenvalue weighted by atomic mass is 16.2. The number of carbonyl (C=O) groups excluding carboxylic acids is 2. The smallest absolute Gasteiger partial charge is 0.257 e. The Kier molecular flexibility index (Phi) is 4.89. The van der Waals surface area contributed by atoms with E-state index in [0.29, 0.717) is 23.4 Å². The van der Waals surface area contributed by atoms with Crippen LogP contribution in [0.4, 0.5) is 0 Å². The quantitative estimate of drug-likeness (QED) is 0.800. The Morgan fingerprint density at radius 3 is 2.68 bits per heavy atom. The molecule has 2 amide bonds. The second-order valence-corrected chi connectivity index (χ2v) is 5.50. The van der Waals surface area contributed by atoms with Gasteiger partial charge in [0.05, 0.1) is 11.6 Å². The largest absolute Gasteiger partial charge is 0.341 e. The summed E-state index contributed by atoms with van der Waals surface area (Å²) in [7, 11) is 0. The molecule has 0 unspecified atom stereocenters. The molecule has 0 bridgehead atoms. The number of carbonyl (C=O) groups is 2. The van der Waals surface area contributed by atoms with Crippen LogP contribution in [-0.4, -0.2) is 30.2 Å². The highest BCUT2D eigenvalue weighted by molar-refractivity contribution is 6.23. The molecule has 1 aliphatic heterocycles. The van der Waals surface area contributed by atoms with E-state index >= 15 is 0 Å². The van der Waals surface area contributed by atoms with Gasteiger partial charge in [0.25, 0.3) is 5.91 Å². The lowest BCUT2D eigenvalue weighted by atomic mass is 10.0. The number of fused-ring (bicyclic) bond motifs is 1. The van der Waals surface area contributed by atoms with Crippen molar-refractivity contribution in [3.63, 3.8) is 0 Å². The van der Waals surface area contributed by atoms with E-state index in [-0.39, 0.29) is 24.3 Å². The maximum atomic E-state index is 12.1. The van der Waals surface area contributed by atoms with Crippen molar-refractivity contribution in [3.8, 4) is 6.07 Å². The maximum Gasteiger partial charge on any atom is 0.257 e. The first-order valence-electron chi connectivity index (χ1n) is 7.16. The zero-order chi connectivity index (χ0) is 16.1. The van der Waals surface area contributed by atoms with Crippen LogP contribution in [0.25, 0.3) is 0 Å². The Morgan fingerprint density at radius 1 is 1.36 bits per heavy atom. The Labute approximate surface area is 129 Å².